The van der Waals surface area contributed by atoms with Gasteiger partial charge in [-0.1, -0.05) is 11.6 Å². The van der Waals surface area contributed by atoms with Crippen molar-refractivity contribution in [2.24, 2.45) is 0 Å². The van der Waals surface area contributed by atoms with Gasteiger partial charge in [0.25, 0.3) is 5.69 Å². The summed E-state index contributed by atoms with van der Waals surface area (Å²) in [6, 6.07) is 10.1. The predicted octanol–water partition coefficient (Wildman–Crippen LogP) is 4.55. The molecular weight excluding hydrogens is 335 g/mol. The normalized spacial score (nSPS) is 10.4. The summed E-state index contributed by atoms with van der Waals surface area (Å²) in [5.74, 6) is -0.571. The second-order valence-corrected chi connectivity index (χ2v) is 5.28. The van der Waals surface area contributed by atoms with Gasteiger partial charge in [0.15, 0.2) is 0 Å². The Kier molecular flexibility index (Phi) is 3.98. The Balaban J connectivity index is 2.19. The van der Waals surface area contributed by atoms with Crippen LogP contribution in [-0.2, 0) is 0 Å². The molecule has 0 saturated carbocycles. The zero-order valence-corrected chi connectivity index (χ0v) is 12.7. The van der Waals surface area contributed by atoms with Crippen LogP contribution in [0.3, 0.4) is 0 Å². The molecule has 0 aliphatic heterocycles. The molecule has 2 aromatic carbocycles. The molecule has 0 amide bonds. The third-order valence-electron chi connectivity index (χ3n) is 3.37. The van der Waals surface area contributed by atoms with Gasteiger partial charge < -0.3 is 5.32 Å². The van der Waals surface area contributed by atoms with E-state index in [-0.39, 0.29) is 16.3 Å². The fourth-order valence-corrected chi connectivity index (χ4v) is 2.41. The van der Waals surface area contributed by atoms with E-state index in [2.05, 4.69) is 10.3 Å². The first-order valence-corrected chi connectivity index (χ1v) is 7.06. The molecule has 0 saturated heterocycles. The Morgan fingerprint density at radius 2 is 2.08 bits per heavy atom. The highest BCUT2D eigenvalue weighted by Crippen LogP contribution is 2.32. The number of pyridine rings is 1. The monoisotopic (exact) mass is 342 g/mol. The number of hydrogen-bond acceptors (Lipinski definition) is 5. The van der Waals surface area contributed by atoms with Gasteiger partial charge >= 0.3 is 0 Å². The summed E-state index contributed by atoms with van der Waals surface area (Å²) in [7, 11) is 0. The summed E-state index contributed by atoms with van der Waals surface area (Å²) in [4.78, 5) is 14.6. The average molecular weight is 343 g/mol. The van der Waals surface area contributed by atoms with Crippen molar-refractivity contribution in [1.29, 1.82) is 5.26 Å². The molecule has 0 aliphatic rings. The Bertz CT molecular complexity index is 1020. The minimum atomic E-state index is -0.571. The Hall–Kier alpha value is -3.24. The number of halogens is 2. The molecule has 6 nitrogen and oxygen atoms in total. The van der Waals surface area contributed by atoms with Gasteiger partial charge in [-0.05, 0) is 24.3 Å². The van der Waals surface area contributed by atoms with E-state index in [9.17, 15) is 19.8 Å². The molecule has 0 aliphatic carbocycles. The van der Waals surface area contributed by atoms with Gasteiger partial charge in [0.05, 0.1) is 26.7 Å². The molecule has 8 heteroatoms. The molecule has 1 aromatic heterocycles. The summed E-state index contributed by atoms with van der Waals surface area (Å²) in [6.07, 6.45) is 1.36. The molecule has 0 fully saturated rings. The summed E-state index contributed by atoms with van der Waals surface area (Å²) in [5.41, 5.74) is 1.34. The lowest BCUT2D eigenvalue weighted by atomic mass is 10.1. The number of aromatic nitrogens is 1. The molecule has 118 valence electrons. The van der Waals surface area contributed by atoms with Crippen LogP contribution in [0.1, 0.15) is 5.56 Å². The number of non-ortho nitro benzene ring substituents is 1. The van der Waals surface area contributed by atoms with Crippen molar-refractivity contribution >= 4 is 39.6 Å². The van der Waals surface area contributed by atoms with Gasteiger partial charge in [-0.25, -0.2) is 4.39 Å². The van der Waals surface area contributed by atoms with E-state index in [0.717, 1.165) is 0 Å². The standard InChI is InChI=1S/C16H8ClFN4O2/c17-13-5-10(1-3-14(13)18)21-16-9(7-19)8-20-15-4-2-11(22(23)24)6-12(15)16/h1-6,8H,(H,20,21). The van der Waals surface area contributed by atoms with Crippen LogP contribution in [0.5, 0.6) is 0 Å². The second-order valence-electron chi connectivity index (χ2n) is 4.87. The van der Waals surface area contributed by atoms with Crippen molar-refractivity contribution in [2.75, 3.05) is 5.32 Å². The van der Waals surface area contributed by atoms with Crippen molar-refractivity contribution in [2.45, 2.75) is 0 Å². The average Bonchev–Trinajstić information content (AvgIpc) is 2.58. The smallest absolute Gasteiger partial charge is 0.270 e. The Morgan fingerprint density at radius 1 is 1.29 bits per heavy atom. The molecule has 3 rings (SSSR count). The zero-order valence-electron chi connectivity index (χ0n) is 12.0. The van der Waals surface area contributed by atoms with Gasteiger partial charge in [0, 0.05) is 29.4 Å². The first-order valence-electron chi connectivity index (χ1n) is 6.69. The fraction of sp³-hybridized carbons (Fsp3) is 0. The third-order valence-corrected chi connectivity index (χ3v) is 3.66. The number of nitriles is 1. The van der Waals surface area contributed by atoms with Gasteiger partial charge in [-0.3, -0.25) is 15.1 Å². The first-order chi connectivity index (χ1) is 11.5. The van der Waals surface area contributed by atoms with Crippen LogP contribution in [-0.4, -0.2) is 9.91 Å². The quantitative estimate of drug-likeness (QED) is 0.556. The number of nitrogens with zero attached hydrogens (tertiary/aromatic N) is 3. The van der Waals surface area contributed by atoms with Crippen LogP contribution < -0.4 is 5.32 Å². The SMILES string of the molecule is N#Cc1cnc2ccc([N+](=O)[O-])cc2c1Nc1ccc(F)c(Cl)c1. The van der Waals surface area contributed by atoms with Crippen LogP contribution >= 0.6 is 11.6 Å². The first kappa shape index (κ1) is 15.6. The Morgan fingerprint density at radius 3 is 2.75 bits per heavy atom. The van der Waals surface area contributed by atoms with E-state index < -0.39 is 10.7 Å². The molecule has 0 bridgehead atoms. The third kappa shape index (κ3) is 2.83. The maximum atomic E-state index is 13.3. The highest BCUT2D eigenvalue weighted by Gasteiger charge is 2.14. The topological polar surface area (TPSA) is 91.8 Å². The minimum Gasteiger partial charge on any atom is -0.354 e. The van der Waals surface area contributed by atoms with Crippen molar-refractivity contribution < 1.29 is 9.31 Å². The number of nitrogens with one attached hydrogen (secondary N) is 1. The fourth-order valence-electron chi connectivity index (χ4n) is 2.23. The molecule has 0 atom stereocenters. The van der Waals surface area contributed by atoms with Gasteiger partial charge in [0.1, 0.15) is 11.9 Å². The molecule has 0 unspecified atom stereocenters. The van der Waals surface area contributed by atoms with Crippen molar-refractivity contribution in [1.82, 2.24) is 4.98 Å². The van der Waals surface area contributed by atoms with Gasteiger partial charge in [-0.2, -0.15) is 5.26 Å². The molecule has 1 heterocycles. The maximum absolute atomic E-state index is 13.3. The molecular formula is C16H8ClFN4O2. The lowest BCUT2D eigenvalue weighted by molar-refractivity contribution is -0.384. The van der Waals surface area contributed by atoms with Gasteiger partial charge in [-0.15, -0.1) is 0 Å². The predicted molar refractivity (Wildman–Crippen MR) is 87.8 cm³/mol. The lowest BCUT2D eigenvalue weighted by Crippen LogP contribution is -1.98. The summed E-state index contributed by atoms with van der Waals surface area (Å²) < 4.78 is 13.3. The van der Waals surface area contributed by atoms with E-state index in [1.54, 1.807) is 0 Å². The van der Waals surface area contributed by atoms with Crippen LogP contribution in [0.4, 0.5) is 21.5 Å². The highest BCUT2D eigenvalue weighted by atomic mass is 35.5. The van der Waals surface area contributed by atoms with Crippen LogP contribution in [0.15, 0.2) is 42.6 Å². The molecule has 3 aromatic rings. The number of hydrogen-bond donors (Lipinski definition) is 1. The largest absolute Gasteiger partial charge is 0.354 e. The van der Waals surface area contributed by atoms with E-state index in [1.165, 1.54) is 42.6 Å². The van der Waals surface area contributed by atoms with E-state index in [4.69, 9.17) is 11.6 Å². The molecule has 1 N–H and O–H groups in total. The maximum Gasteiger partial charge on any atom is 0.270 e. The van der Waals surface area contributed by atoms with Crippen molar-refractivity contribution in [3.05, 3.63) is 69.1 Å². The minimum absolute atomic E-state index is 0.0807. The van der Waals surface area contributed by atoms with Crippen LogP contribution in [0.2, 0.25) is 5.02 Å². The number of benzene rings is 2. The number of nitro groups is 1. The van der Waals surface area contributed by atoms with E-state index >= 15 is 0 Å². The van der Waals surface area contributed by atoms with Crippen LogP contribution in [0.25, 0.3) is 10.9 Å². The number of anilines is 2. The summed E-state index contributed by atoms with van der Waals surface area (Å²) in [5, 5.41) is 23.6. The van der Waals surface area contributed by atoms with Crippen molar-refractivity contribution in [3.63, 3.8) is 0 Å². The summed E-state index contributed by atoms with van der Waals surface area (Å²) >= 11 is 5.76. The molecule has 0 spiro atoms. The van der Waals surface area contributed by atoms with Gasteiger partial charge in [0.2, 0.25) is 0 Å². The van der Waals surface area contributed by atoms with Crippen molar-refractivity contribution in [3.8, 4) is 6.07 Å². The van der Waals surface area contributed by atoms with Crippen LogP contribution in [0, 0.1) is 27.3 Å². The second kappa shape index (κ2) is 6.10. The number of fused-ring (bicyclic) bond motifs is 1. The number of rotatable bonds is 3. The van der Waals surface area contributed by atoms with E-state index in [0.29, 0.717) is 22.3 Å². The van der Waals surface area contributed by atoms with E-state index in [1.807, 2.05) is 6.07 Å². The summed E-state index contributed by atoms with van der Waals surface area (Å²) in [6.45, 7) is 0. The number of nitro benzene ring substituents is 1. The Labute approximate surface area is 140 Å². The molecule has 0 radical (unpaired) electrons. The highest BCUT2D eigenvalue weighted by molar-refractivity contribution is 6.31. The zero-order chi connectivity index (χ0) is 17.3. The lowest BCUT2D eigenvalue weighted by Gasteiger charge is -2.11. The molecule has 24 heavy (non-hydrogen) atoms.